The fraction of sp³-hybridized carbons (Fsp3) is 0.214. The van der Waals surface area contributed by atoms with E-state index in [4.69, 9.17) is 10.5 Å². The van der Waals surface area contributed by atoms with Gasteiger partial charge in [-0.25, -0.2) is 9.97 Å². The van der Waals surface area contributed by atoms with E-state index in [0.29, 0.717) is 17.1 Å². The molecule has 6 nitrogen and oxygen atoms in total. The van der Waals surface area contributed by atoms with Crippen LogP contribution in [0.1, 0.15) is 6.92 Å². The van der Waals surface area contributed by atoms with Crippen molar-refractivity contribution in [2.24, 2.45) is 0 Å². The third-order valence-corrected chi connectivity index (χ3v) is 3.75. The third-order valence-electron chi connectivity index (χ3n) is 2.70. The average molecular weight is 304 g/mol. The van der Waals surface area contributed by atoms with Gasteiger partial charge in [-0.05, 0) is 31.2 Å². The van der Waals surface area contributed by atoms with Crippen molar-refractivity contribution < 1.29 is 9.53 Å². The number of hydrogen-bond acceptors (Lipinski definition) is 6. The van der Waals surface area contributed by atoms with Crippen LogP contribution < -0.4 is 15.8 Å². The summed E-state index contributed by atoms with van der Waals surface area (Å²) in [7, 11) is 1.54. The van der Waals surface area contributed by atoms with E-state index in [0.717, 1.165) is 5.03 Å². The maximum atomic E-state index is 12.2. The molecule has 3 N–H and O–H groups in total. The van der Waals surface area contributed by atoms with Gasteiger partial charge in [0.25, 0.3) is 0 Å². The first-order valence-corrected chi connectivity index (χ1v) is 7.15. The molecule has 0 saturated carbocycles. The molecule has 2 aromatic rings. The van der Waals surface area contributed by atoms with Crippen LogP contribution >= 0.6 is 11.8 Å². The summed E-state index contributed by atoms with van der Waals surface area (Å²) >= 11 is 1.35. The normalized spacial score (nSPS) is 11.7. The van der Waals surface area contributed by atoms with Crippen molar-refractivity contribution >= 4 is 29.0 Å². The fourth-order valence-electron chi connectivity index (χ4n) is 1.64. The number of thioether (sulfide) groups is 1. The molecule has 110 valence electrons. The lowest BCUT2D eigenvalue weighted by Crippen LogP contribution is -2.22. The molecule has 0 bridgehead atoms. The molecule has 1 aromatic carbocycles. The first-order chi connectivity index (χ1) is 10.1. The average Bonchev–Trinajstić information content (AvgIpc) is 2.48. The predicted molar refractivity (Wildman–Crippen MR) is 83.4 cm³/mol. The smallest absolute Gasteiger partial charge is 0.237 e. The third kappa shape index (κ3) is 4.09. The maximum absolute atomic E-state index is 12.2. The Hall–Kier alpha value is -2.28. The molecule has 1 unspecified atom stereocenters. The standard InChI is InChI=1S/C14H16N4O2S/c1-9(21-13-5-6-16-8-17-13)14(19)18-11-7-10(15)3-4-12(11)20-2/h3-9H,15H2,1-2H3,(H,18,19). The number of nitrogen functional groups attached to an aromatic ring is 1. The summed E-state index contributed by atoms with van der Waals surface area (Å²) in [4.78, 5) is 20.1. The van der Waals surface area contributed by atoms with E-state index >= 15 is 0 Å². The summed E-state index contributed by atoms with van der Waals surface area (Å²) in [5, 5.41) is 3.24. The Balaban J connectivity index is 2.05. The van der Waals surface area contributed by atoms with Gasteiger partial charge in [0, 0.05) is 11.9 Å². The molecule has 1 atom stereocenters. The largest absolute Gasteiger partial charge is 0.495 e. The summed E-state index contributed by atoms with van der Waals surface area (Å²) in [5.74, 6) is 0.416. The summed E-state index contributed by atoms with van der Waals surface area (Å²) in [6.45, 7) is 1.81. The summed E-state index contributed by atoms with van der Waals surface area (Å²) < 4.78 is 5.20. The van der Waals surface area contributed by atoms with Gasteiger partial charge in [0.15, 0.2) is 0 Å². The number of hydrogen-bond donors (Lipinski definition) is 2. The second-order valence-electron chi connectivity index (χ2n) is 4.26. The van der Waals surface area contributed by atoms with Gasteiger partial charge < -0.3 is 15.8 Å². The van der Waals surface area contributed by atoms with E-state index in [2.05, 4.69) is 15.3 Å². The van der Waals surface area contributed by atoms with Crippen molar-refractivity contribution in [1.82, 2.24) is 9.97 Å². The SMILES string of the molecule is COc1ccc(N)cc1NC(=O)C(C)Sc1ccncn1. The van der Waals surface area contributed by atoms with Gasteiger partial charge in [0.1, 0.15) is 17.1 Å². The Labute approximate surface area is 127 Å². The van der Waals surface area contributed by atoms with Crippen molar-refractivity contribution in [2.75, 3.05) is 18.2 Å². The molecule has 0 aliphatic carbocycles. The minimum Gasteiger partial charge on any atom is -0.495 e. The molecule has 0 radical (unpaired) electrons. The Morgan fingerprint density at radius 1 is 1.43 bits per heavy atom. The van der Waals surface area contributed by atoms with Crippen LogP contribution in [0.3, 0.4) is 0 Å². The van der Waals surface area contributed by atoms with Crippen LogP contribution in [0, 0.1) is 0 Å². The molecule has 0 fully saturated rings. The highest BCUT2D eigenvalue weighted by Crippen LogP contribution is 2.28. The fourth-order valence-corrected chi connectivity index (χ4v) is 2.42. The minimum absolute atomic E-state index is 0.150. The van der Waals surface area contributed by atoms with Crippen molar-refractivity contribution in [2.45, 2.75) is 17.2 Å². The van der Waals surface area contributed by atoms with Crippen LogP contribution in [0.25, 0.3) is 0 Å². The molecule has 1 aromatic heterocycles. The first kappa shape index (κ1) is 15.1. The van der Waals surface area contributed by atoms with Gasteiger partial charge in [-0.15, -0.1) is 0 Å². The highest BCUT2D eigenvalue weighted by Gasteiger charge is 2.17. The number of nitrogens with one attached hydrogen (secondary N) is 1. The molecule has 0 aliphatic heterocycles. The number of carbonyl (C=O) groups is 1. The molecular weight excluding hydrogens is 288 g/mol. The Bertz CT molecular complexity index is 622. The number of amides is 1. The Morgan fingerprint density at radius 3 is 2.90 bits per heavy atom. The highest BCUT2D eigenvalue weighted by atomic mass is 32.2. The highest BCUT2D eigenvalue weighted by molar-refractivity contribution is 8.00. The lowest BCUT2D eigenvalue weighted by molar-refractivity contribution is -0.115. The Kier molecular flexibility index (Phi) is 4.99. The van der Waals surface area contributed by atoms with Gasteiger partial charge >= 0.3 is 0 Å². The summed E-state index contributed by atoms with van der Waals surface area (Å²) in [6, 6.07) is 6.86. The van der Waals surface area contributed by atoms with Crippen molar-refractivity contribution in [3.63, 3.8) is 0 Å². The molecule has 2 rings (SSSR count). The van der Waals surface area contributed by atoms with E-state index < -0.39 is 0 Å². The number of methoxy groups -OCH3 is 1. The van der Waals surface area contributed by atoms with Crippen LogP contribution in [0.15, 0.2) is 41.8 Å². The maximum Gasteiger partial charge on any atom is 0.237 e. The van der Waals surface area contributed by atoms with E-state index in [9.17, 15) is 4.79 Å². The second-order valence-corrected chi connectivity index (χ2v) is 5.62. The molecule has 7 heteroatoms. The van der Waals surface area contributed by atoms with Crippen molar-refractivity contribution in [3.8, 4) is 5.75 Å². The van der Waals surface area contributed by atoms with E-state index in [-0.39, 0.29) is 11.2 Å². The molecule has 0 aliphatic rings. The van der Waals surface area contributed by atoms with E-state index in [1.807, 2.05) is 0 Å². The monoisotopic (exact) mass is 304 g/mol. The molecule has 0 spiro atoms. The zero-order valence-corrected chi connectivity index (χ0v) is 12.6. The number of aromatic nitrogens is 2. The quantitative estimate of drug-likeness (QED) is 0.500. The molecule has 21 heavy (non-hydrogen) atoms. The number of benzene rings is 1. The van der Waals surface area contributed by atoms with Gasteiger partial charge in [-0.3, -0.25) is 4.79 Å². The lowest BCUT2D eigenvalue weighted by atomic mass is 10.2. The van der Waals surface area contributed by atoms with E-state index in [1.165, 1.54) is 18.1 Å². The van der Waals surface area contributed by atoms with Crippen molar-refractivity contribution in [3.05, 3.63) is 36.8 Å². The van der Waals surface area contributed by atoms with Crippen LogP contribution in [0.4, 0.5) is 11.4 Å². The number of anilines is 2. The van der Waals surface area contributed by atoms with Crippen LogP contribution in [0.2, 0.25) is 0 Å². The summed E-state index contributed by atoms with van der Waals surface area (Å²) in [5.41, 5.74) is 6.84. The number of nitrogens with zero attached hydrogens (tertiary/aromatic N) is 2. The minimum atomic E-state index is -0.314. The van der Waals surface area contributed by atoms with Crippen molar-refractivity contribution in [1.29, 1.82) is 0 Å². The van der Waals surface area contributed by atoms with Gasteiger partial charge in [0.05, 0.1) is 18.0 Å². The zero-order valence-electron chi connectivity index (χ0n) is 11.7. The van der Waals surface area contributed by atoms with Gasteiger partial charge in [-0.1, -0.05) is 11.8 Å². The number of ether oxygens (including phenoxy) is 1. The van der Waals surface area contributed by atoms with Crippen LogP contribution in [0.5, 0.6) is 5.75 Å². The van der Waals surface area contributed by atoms with Crippen LogP contribution in [-0.2, 0) is 4.79 Å². The number of rotatable bonds is 5. The van der Waals surface area contributed by atoms with E-state index in [1.54, 1.807) is 44.5 Å². The molecular formula is C14H16N4O2S. The van der Waals surface area contributed by atoms with Gasteiger partial charge in [-0.2, -0.15) is 0 Å². The topological polar surface area (TPSA) is 90.1 Å². The van der Waals surface area contributed by atoms with Crippen LogP contribution in [-0.4, -0.2) is 28.2 Å². The lowest BCUT2D eigenvalue weighted by Gasteiger charge is -2.14. The Morgan fingerprint density at radius 2 is 2.24 bits per heavy atom. The first-order valence-electron chi connectivity index (χ1n) is 6.27. The molecule has 1 amide bonds. The summed E-state index contributed by atoms with van der Waals surface area (Å²) in [6.07, 6.45) is 3.09. The predicted octanol–water partition coefficient (Wildman–Crippen LogP) is 2.19. The van der Waals surface area contributed by atoms with Gasteiger partial charge in [0.2, 0.25) is 5.91 Å². The zero-order chi connectivity index (χ0) is 15.2. The molecule has 0 saturated heterocycles. The number of carbonyl (C=O) groups excluding carboxylic acids is 1. The second kappa shape index (κ2) is 6.94. The number of nitrogens with two attached hydrogens (primary N) is 1. The molecule has 1 heterocycles.